The van der Waals surface area contributed by atoms with Gasteiger partial charge in [-0.15, -0.1) is 0 Å². The first-order valence-corrected chi connectivity index (χ1v) is 6.39. The lowest BCUT2D eigenvalue weighted by Crippen LogP contribution is -2.48. The van der Waals surface area contributed by atoms with Crippen molar-refractivity contribution in [2.45, 2.75) is 38.0 Å². The van der Waals surface area contributed by atoms with Crippen molar-refractivity contribution in [1.29, 1.82) is 0 Å². The number of aliphatic carboxylic acids is 1. The maximum atomic E-state index is 12.1. The van der Waals surface area contributed by atoms with Crippen LogP contribution in [0.15, 0.2) is 12.3 Å². The van der Waals surface area contributed by atoms with E-state index in [1.165, 1.54) is 17.7 Å². The lowest BCUT2D eigenvalue weighted by atomic mass is 10.2. The molecule has 0 spiro atoms. The number of carbonyl (C=O) groups excluding carboxylic acids is 1. The summed E-state index contributed by atoms with van der Waals surface area (Å²) in [7, 11) is 0. The maximum absolute atomic E-state index is 12.1. The van der Waals surface area contributed by atoms with Crippen molar-refractivity contribution < 1.29 is 24.7 Å². The van der Waals surface area contributed by atoms with Crippen LogP contribution >= 0.6 is 0 Å². The minimum absolute atomic E-state index is 0.0225. The second-order valence-electron chi connectivity index (χ2n) is 5.01. The molecule has 3 N–H and O–H groups in total. The number of hydrogen-bond donors (Lipinski definition) is 3. The van der Waals surface area contributed by atoms with E-state index in [1.807, 2.05) is 0 Å². The molecule has 0 aliphatic heterocycles. The Morgan fingerprint density at radius 3 is 2.57 bits per heavy atom. The lowest BCUT2D eigenvalue weighted by molar-refractivity contribution is -0.384. The van der Waals surface area contributed by atoms with Crippen molar-refractivity contribution in [3.05, 3.63) is 28.1 Å². The molecule has 0 unspecified atom stereocenters. The molecule has 2 rings (SSSR count). The largest absolute Gasteiger partial charge is 0.480 e. The summed E-state index contributed by atoms with van der Waals surface area (Å²) in [5.74, 6) is -2.14. The summed E-state index contributed by atoms with van der Waals surface area (Å²) < 4.78 is 1.48. The number of hydrogen-bond acceptors (Lipinski definition) is 5. The van der Waals surface area contributed by atoms with Gasteiger partial charge in [-0.3, -0.25) is 14.9 Å². The number of amides is 1. The third kappa shape index (κ3) is 3.19. The summed E-state index contributed by atoms with van der Waals surface area (Å²) in [6.07, 6.45) is 1.60. The van der Waals surface area contributed by atoms with Crippen LogP contribution in [0.3, 0.4) is 0 Å². The van der Waals surface area contributed by atoms with Crippen molar-refractivity contribution >= 4 is 17.6 Å². The van der Waals surface area contributed by atoms with Gasteiger partial charge in [-0.2, -0.15) is 0 Å². The number of nitrogens with zero attached hydrogens (tertiary/aromatic N) is 2. The van der Waals surface area contributed by atoms with Gasteiger partial charge in [0.1, 0.15) is 5.69 Å². The third-order valence-corrected chi connectivity index (χ3v) is 3.25. The van der Waals surface area contributed by atoms with Crippen molar-refractivity contribution in [2.75, 3.05) is 0 Å². The summed E-state index contributed by atoms with van der Waals surface area (Å²) in [6.45, 7) is 1.24. The zero-order chi connectivity index (χ0) is 15.7. The highest BCUT2D eigenvalue weighted by Crippen LogP contribution is 2.37. The summed E-state index contributed by atoms with van der Waals surface area (Å²) in [5.41, 5.74) is -0.202. The fourth-order valence-electron chi connectivity index (χ4n) is 2.01. The van der Waals surface area contributed by atoms with E-state index in [4.69, 9.17) is 5.11 Å². The Labute approximate surface area is 119 Å². The number of carboxylic acids is 1. The quantitative estimate of drug-likeness (QED) is 0.510. The molecule has 1 aromatic heterocycles. The number of carboxylic acid groups (broad SMARTS) is 1. The van der Waals surface area contributed by atoms with E-state index in [9.17, 15) is 24.8 Å². The monoisotopic (exact) mass is 297 g/mol. The van der Waals surface area contributed by atoms with Crippen LogP contribution < -0.4 is 5.32 Å². The van der Waals surface area contributed by atoms with E-state index in [0.717, 1.165) is 18.9 Å². The molecule has 21 heavy (non-hydrogen) atoms. The van der Waals surface area contributed by atoms with Crippen LogP contribution in [0.1, 0.15) is 36.3 Å². The Balaban J connectivity index is 2.25. The average Bonchev–Trinajstić information content (AvgIpc) is 3.13. The number of carbonyl (C=O) groups is 2. The summed E-state index contributed by atoms with van der Waals surface area (Å²) in [5, 5.41) is 31.3. The van der Waals surface area contributed by atoms with Gasteiger partial charge in [-0.1, -0.05) is 0 Å². The second kappa shape index (κ2) is 5.52. The van der Waals surface area contributed by atoms with Crippen LogP contribution in [0.4, 0.5) is 5.69 Å². The molecule has 9 nitrogen and oxygen atoms in total. The number of nitrogens with one attached hydrogen (secondary N) is 1. The fourth-order valence-corrected chi connectivity index (χ4v) is 2.01. The first-order valence-electron chi connectivity index (χ1n) is 6.39. The number of nitro groups is 1. The van der Waals surface area contributed by atoms with E-state index < -0.39 is 28.9 Å². The molecule has 1 amide bonds. The predicted molar refractivity (Wildman–Crippen MR) is 69.9 cm³/mol. The Kier molecular flexibility index (Phi) is 3.94. The molecule has 114 valence electrons. The van der Waals surface area contributed by atoms with Gasteiger partial charge in [0.05, 0.1) is 17.2 Å². The van der Waals surface area contributed by atoms with Gasteiger partial charge in [0.2, 0.25) is 0 Å². The molecule has 1 aromatic rings. The molecule has 0 aromatic carbocycles. The Morgan fingerprint density at radius 2 is 2.14 bits per heavy atom. The third-order valence-electron chi connectivity index (χ3n) is 3.25. The highest BCUT2D eigenvalue weighted by atomic mass is 16.6. The minimum atomic E-state index is -1.47. The van der Waals surface area contributed by atoms with E-state index in [2.05, 4.69) is 5.32 Å². The zero-order valence-electron chi connectivity index (χ0n) is 11.2. The molecule has 0 bridgehead atoms. The van der Waals surface area contributed by atoms with Crippen LogP contribution in [-0.2, 0) is 4.79 Å². The molecule has 0 saturated heterocycles. The van der Waals surface area contributed by atoms with E-state index >= 15 is 0 Å². The lowest BCUT2D eigenvalue weighted by Gasteiger charge is -2.17. The minimum Gasteiger partial charge on any atom is -0.480 e. The van der Waals surface area contributed by atoms with Crippen LogP contribution in [0, 0.1) is 10.1 Å². The smallest absolute Gasteiger partial charge is 0.328 e. The Hall–Kier alpha value is -2.42. The van der Waals surface area contributed by atoms with Gasteiger partial charge in [-0.25, -0.2) is 4.79 Å². The highest BCUT2D eigenvalue weighted by molar-refractivity contribution is 5.96. The van der Waals surface area contributed by atoms with Crippen LogP contribution in [-0.4, -0.2) is 43.7 Å². The topological polar surface area (TPSA) is 135 Å². The Bertz CT molecular complexity index is 590. The summed E-state index contributed by atoms with van der Waals surface area (Å²) in [4.78, 5) is 33.3. The highest BCUT2D eigenvalue weighted by Gasteiger charge is 2.32. The molecule has 1 saturated carbocycles. The summed E-state index contributed by atoms with van der Waals surface area (Å²) in [6, 6.07) is -0.345. The fraction of sp³-hybridized carbons (Fsp3) is 0.500. The molecule has 1 heterocycles. The van der Waals surface area contributed by atoms with Gasteiger partial charge in [0, 0.05) is 12.1 Å². The molecule has 0 radical (unpaired) electrons. The normalized spacial score (nSPS) is 17.0. The number of rotatable bonds is 6. The second-order valence-corrected chi connectivity index (χ2v) is 5.01. The Morgan fingerprint density at radius 1 is 1.52 bits per heavy atom. The molecule has 2 atom stereocenters. The first kappa shape index (κ1) is 15.0. The first-order chi connectivity index (χ1) is 9.81. The molecule has 1 aliphatic carbocycles. The average molecular weight is 297 g/mol. The van der Waals surface area contributed by atoms with Crippen molar-refractivity contribution in [2.24, 2.45) is 0 Å². The molecule has 1 fully saturated rings. The van der Waals surface area contributed by atoms with E-state index in [1.54, 1.807) is 0 Å². The van der Waals surface area contributed by atoms with Gasteiger partial charge in [0.15, 0.2) is 6.04 Å². The van der Waals surface area contributed by atoms with Crippen molar-refractivity contribution in [3.8, 4) is 0 Å². The number of aliphatic hydroxyl groups excluding tert-OH is 1. The van der Waals surface area contributed by atoms with E-state index in [0.29, 0.717) is 0 Å². The molecule has 1 aliphatic rings. The van der Waals surface area contributed by atoms with E-state index in [-0.39, 0.29) is 17.4 Å². The standard InChI is InChI=1S/C12H15N3O6/c1-6(16)10(12(18)19)13-11(17)9-4-8(15(20)21)5-14(9)7-2-3-7/h4-7,10,16H,2-3H2,1H3,(H,13,17)(H,18,19)/t6-,10+/m1/s1. The number of aliphatic hydroxyl groups is 1. The maximum Gasteiger partial charge on any atom is 0.328 e. The van der Waals surface area contributed by atoms with Gasteiger partial charge >= 0.3 is 5.97 Å². The molecule has 9 heteroatoms. The number of aromatic nitrogens is 1. The molecular weight excluding hydrogens is 282 g/mol. The van der Waals surface area contributed by atoms with Crippen LogP contribution in [0.5, 0.6) is 0 Å². The van der Waals surface area contributed by atoms with Gasteiger partial charge in [0.25, 0.3) is 11.6 Å². The van der Waals surface area contributed by atoms with Crippen LogP contribution in [0.2, 0.25) is 0 Å². The zero-order valence-corrected chi connectivity index (χ0v) is 11.2. The van der Waals surface area contributed by atoms with Gasteiger partial charge < -0.3 is 20.1 Å². The van der Waals surface area contributed by atoms with Crippen LogP contribution in [0.25, 0.3) is 0 Å². The predicted octanol–water partition coefficient (Wildman–Crippen LogP) is 0.295. The van der Waals surface area contributed by atoms with Crippen molar-refractivity contribution in [3.63, 3.8) is 0 Å². The molecular formula is C12H15N3O6. The summed E-state index contributed by atoms with van der Waals surface area (Å²) >= 11 is 0. The van der Waals surface area contributed by atoms with Crippen molar-refractivity contribution in [1.82, 2.24) is 9.88 Å². The SMILES string of the molecule is C[C@@H](O)[C@H](NC(=O)c1cc([N+](=O)[O-])cn1C1CC1)C(=O)O. The van der Waals surface area contributed by atoms with Gasteiger partial charge in [-0.05, 0) is 19.8 Å².